The summed E-state index contributed by atoms with van der Waals surface area (Å²) in [5.41, 5.74) is 1.70. The summed E-state index contributed by atoms with van der Waals surface area (Å²) >= 11 is 0. The molecule has 1 amide bonds. The third-order valence-electron chi connectivity index (χ3n) is 4.68. The van der Waals surface area contributed by atoms with Gasteiger partial charge in [0, 0.05) is 6.54 Å². The molecule has 150 valence electrons. The molecular weight excluding hydrogens is 380 g/mol. The van der Waals surface area contributed by atoms with E-state index < -0.39 is 10.0 Å². The first-order chi connectivity index (χ1) is 13.4. The van der Waals surface area contributed by atoms with Crippen molar-refractivity contribution in [1.82, 2.24) is 9.62 Å². The van der Waals surface area contributed by atoms with Crippen molar-refractivity contribution in [3.8, 4) is 5.75 Å². The minimum atomic E-state index is -3.79. The molecule has 2 aromatic rings. The van der Waals surface area contributed by atoms with Gasteiger partial charge in [0.05, 0.1) is 31.7 Å². The Balaban J connectivity index is 1.62. The maximum Gasteiger partial charge on any atom is 0.241 e. The molecule has 1 heterocycles. The summed E-state index contributed by atoms with van der Waals surface area (Å²) in [7, 11) is -2.27. The van der Waals surface area contributed by atoms with Crippen LogP contribution >= 0.6 is 0 Å². The Hall–Kier alpha value is -2.42. The Kier molecular flexibility index (Phi) is 6.33. The second-order valence-electron chi connectivity index (χ2n) is 6.57. The van der Waals surface area contributed by atoms with Crippen molar-refractivity contribution < 1.29 is 22.7 Å². The molecule has 0 radical (unpaired) electrons. The third kappa shape index (κ3) is 4.70. The Morgan fingerprint density at radius 3 is 2.68 bits per heavy atom. The Bertz CT molecular complexity index is 931. The molecule has 0 spiro atoms. The molecule has 0 aliphatic carbocycles. The van der Waals surface area contributed by atoms with Gasteiger partial charge in [-0.05, 0) is 36.2 Å². The van der Waals surface area contributed by atoms with Crippen LogP contribution in [0.5, 0.6) is 5.75 Å². The summed E-state index contributed by atoms with van der Waals surface area (Å²) in [6.45, 7) is 2.71. The second kappa shape index (κ2) is 8.72. The molecule has 1 unspecified atom stereocenters. The summed E-state index contributed by atoms with van der Waals surface area (Å²) in [5.74, 6) is 0.327. The number of nitrogens with one attached hydrogen (secondary N) is 1. The smallest absolute Gasteiger partial charge is 0.241 e. The number of carbonyl (C=O) groups excluding carboxylic acids is 1. The van der Waals surface area contributed by atoms with Crippen LogP contribution in [-0.4, -0.2) is 52.6 Å². The maximum atomic E-state index is 12.5. The molecule has 0 aromatic heterocycles. The molecule has 1 N–H and O–H groups in total. The van der Waals surface area contributed by atoms with Crippen molar-refractivity contribution in [2.45, 2.75) is 17.9 Å². The maximum absolute atomic E-state index is 12.5. The van der Waals surface area contributed by atoms with E-state index in [1.807, 2.05) is 30.3 Å². The van der Waals surface area contributed by atoms with Crippen LogP contribution in [0.4, 0.5) is 0 Å². The number of ether oxygens (including phenoxy) is 2. The average molecular weight is 404 g/mol. The van der Waals surface area contributed by atoms with Gasteiger partial charge in [-0.25, -0.2) is 13.1 Å². The monoisotopic (exact) mass is 404 g/mol. The van der Waals surface area contributed by atoms with Crippen LogP contribution in [0.15, 0.2) is 53.4 Å². The zero-order chi connectivity index (χ0) is 20.1. The summed E-state index contributed by atoms with van der Waals surface area (Å²) in [6.07, 6.45) is -0.209. The van der Waals surface area contributed by atoms with Gasteiger partial charge in [-0.2, -0.15) is 0 Å². The van der Waals surface area contributed by atoms with Gasteiger partial charge in [0.1, 0.15) is 11.9 Å². The van der Waals surface area contributed by atoms with Gasteiger partial charge in [0.15, 0.2) is 0 Å². The van der Waals surface area contributed by atoms with Crippen LogP contribution in [-0.2, 0) is 19.6 Å². The van der Waals surface area contributed by atoms with Gasteiger partial charge < -0.3 is 14.4 Å². The fourth-order valence-corrected chi connectivity index (χ4v) is 4.17. The molecule has 8 heteroatoms. The van der Waals surface area contributed by atoms with E-state index in [9.17, 15) is 13.2 Å². The molecule has 1 saturated heterocycles. The van der Waals surface area contributed by atoms with Crippen LogP contribution in [0.2, 0.25) is 0 Å². The Morgan fingerprint density at radius 1 is 1.25 bits per heavy atom. The molecule has 1 fully saturated rings. The summed E-state index contributed by atoms with van der Waals surface area (Å²) < 4.78 is 38.3. The summed E-state index contributed by atoms with van der Waals surface area (Å²) in [4.78, 5) is 14.3. The van der Waals surface area contributed by atoms with E-state index in [-0.39, 0.29) is 23.5 Å². The number of morpholine rings is 1. The number of amides is 1. The third-order valence-corrected chi connectivity index (χ3v) is 6.08. The summed E-state index contributed by atoms with van der Waals surface area (Å²) in [6, 6.07) is 14.2. The minimum absolute atomic E-state index is 0.0998. The van der Waals surface area contributed by atoms with Crippen LogP contribution in [0.3, 0.4) is 0 Å². The lowest BCUT2D eigenvalue weighted by Gasteiger charge is -2.33. The molecular formula is C20H24N2O5S. The van der Waals surface area contributed by atoms with E-state index in [0.717, 1.165) is 5.56 Å². The van der Waals surface area contributed by atoms with Crippen molar-refractivity contribution in [2.75, 3.05) is 33.4 Å². The molecule has 2 aromatic carbocycles. The second-order valence-corrected chi connectivity index (χ2v) is 8.33. The SMILES string of the molecule is COc1ccc(S(=O)(=O)NCC(=O)N2CCOC(c3ccccc3)C2)cc1C. The molecule has 7 nitrogen and oxygen atoms in total. The van der Waals surface area contributed by atoms with Crippen molar-refractivity contribution in [3.63, 3.8) is 0 Å². The van der Waals surface area contributed by atoms with Gasteiger partial charge in [0.2, 0.25) is 15.9 Å². The van der Waals surface area contributed by atoms with E-state index in [1.165, 1.54) is 19.2 Å². The zero-order valence-electron chi connectivity index (χ0n) is 15.9. The first-order valence-electron chi connectivity index (χ1n) is 8.99. The molecule has 1 atom stereocenters. The highest BCUT2D eigenvalue weighted by Gasteiger charge is 2.26. The van der Waals surface area contributed by atoms with Crippen molar-refractivity contribution in [3.05, 3.63) is 59.7 Å². The molecule has 1 aliphatic heterocycles. The molecule has 1 aliphatic rings. The van der Waals surface area contributed by atoms with Crippen LogP contribution < -0.4 is 9.46 Å². The number of nitrogens with zero attached hydrogens (tertiary/aromatic N) is 1. The number of hydrogen-bond donors (Lipinski definition) is 1. The highest BCUT2D eigenvalue weighted by atomic mass is 32.2. The van der Waals surface area contributed by atoms with Gasteiger partial charge in [-0.1, -0.05) is 30.3 Å². The molecule has 3 rings (SSSR count). The minimum Gasteiger partial charge on any atom is -0.496 e. The Labute approximate surface area is 165 Å². The molecule has 0 saturated carbocycles. The lowest BCUT2D eigenvalue weighted by atomic mass is 10.1. The number of aryl methyl sites for hydroxylation is 1. The van der Waals surface area contributed by atoms with E-state index >= 15 is 0 Å². The lowest BCUT2D eigenvalue weighted by molar-refractivity contribution is -0.137. The van der Waals surface area contributed by atoms with Crippen molar-refractivity contribution in [1.29, 1.82) is 0 Å². The van der Waals surface area contributed by atoms with E-state index in [2.05, 4.69) is 4.72 Å². The number of methoxy groups -OCH3 is 1. The standard InChI is InChI=1S/C20H24N2O5S/c1-15-12-17(8-9-18(15)26-2)28(24,25)21-13-20(23)22-10-11-27-19(14-22)16-6-4-3-5-7-16/h3-9,12,19,21H,10-11,13-14H2,1-2H3. The molecule has 28 heavy (non-hydrogen) atoms. The topological polar surface area (TPSA) is 84.9 Å². The largest absolute Gasteiger partial charge is 0.496 e. The van der Waals surface area contributed by atoms with E-state index in [1.54, 1.807) is 17.9 Å². The molecule has 0 bridgehead atoms. The number of benzene rings is 2. The highest BCUT2D eigenvalue weighted by Crippen LogP contribution is 2.23. The van der Waals surface area contributed by atoms with Crippen molar-refractivity contribution in [2.24, 2.45) is 0 Å². The number of sulfonamides is 1. The van der Waals surface area contributed by atoms with Gasteiger partial charge in [-0.3, -0.25) is 4.79 Å². The predicted octanol–water partition coefficient (Wildman–Crippen LogP) is 1.88. The van der Waals surface area contributed by atoms with Gasteiger partial charge in [-0.15, -0.1) is 0 Å². The van der Waals surface area contributed by atoms with Gasteiger partial charge in [0.25, 0.3) is 0 Å². The number of hydrogen-bond acceptors (Lipinski definition) is 5. The zero-order valence-corrected chi connectivity index (χ0v) is 16.7. The lowest BCUT2D eigenvalue weighted by Crippen LogP contribution is -2.46. The first-order valence-corrected chi connectivity index (χ1v) is 10.5. The van der Waals surface area contributed by atoms with Crippen LogP contribution in [0.25, 0.3) is 0 Å². The normalized spacial score (nSPS) is 17.4. The fraction of sp³-hybridized carbons (Fsp3) is 0.350. The van der Waals surface area contributed by atoms with Crippen LogP contribution in [0.1, 0.15) is 17.2 Å². The van der Waals surface area contributed by atoms with Crippen molar-refractivity contribution >= 4 is 15.9 Å². The van der Waals surface area contributed by atoms with E-state index in [0.29, 0.717) is 31.0 Å². The quantitative estimate of drug-likeness (QED) is 0.795. The average Bonchev–Trinajstić information content (AvgIpc) is 2.72. The van der Waals surface area contributed by atoms with Crippen LogP contribution in [0, 0.1) is 6.92 Å². The fourth-order valence-electron chi connectivity index (χ4n) is 3.12. The predicted molar refractivity (Wildman–Crippen MR) is 105 cm³/mol. The van der Waals surface area contributed by atoms with E-state index in [4.69, 9.17) is 9.47 Å². The summed E-state index contributed by atoms with van der Waals surface area (Å²) in [5, 5.41) is 0. The number of rotatable bonds is 6. The van der Waals surface area contributed by atoms with Gasteiger partial charge >= 0.3 is 0 Å². The first kappa shape index (κ1) is 20.3. The number of carbonyl (C=O) groups is 1. The highest BCUT2D eigenvalue weighted by molar-refractivity contribution is 7.89. The Morgan fingerprint density at radius 2 is 2.00 bits per heavy atom.